The molecule has 4 N–H and O–H groups in total. The van der Waals surface area contributed by atoms with Crippen molar-refractivity contribution in [2.75, 3.05) is 0 Å². The first-order valence-corrected chi connectivity index (χ1v) is 34.4. The third-order valence-electron chi connectivity index (χ3n) is 15.5. The largest absolute Gasteiger partial charge is 1.00 e. The Morgan fingerprint density at radius 1 is 0.264 bits per heavy atom. The molecule has 121 heavy (non-hydrogen) atoms. The molecule has 8 aromatic rings. The van der Waals surface area contributed by atoms with E-state index in [2.05, 4.69) is 4.74 Å². The summed E-state index contributed by atoms with van der Waals surface area (Å²) in [6.07, 6.45) is -63.6. The summed E-state index contributed by atoms with van der Waals surface area (Å²) in [5, 5.41) is 11.2. The molecule has 8 rings (SSSR count). The third kappa shape index (κ3) is 22.4. The molecule has 0 aliphatic rings. The van der Waals surface area contributed by atoms with Gasteiger partial charge < -0.3 is 39.0 Å². The molecular weight excluding hydrogens is 1900 g/mol. The van der Waals surface area contributed by atoms with Crippen LogP contribution in [0.15, 0.2) is 192 Å². The van der Waals surface area contributed by atoms with Gasteiger partial charge in [-0.15, -0.1) is 0 Å². The summed E-state index contributed by atoms with van der Waals surface area (Å²) in [5.74, 6) is -9.23. The molecular formula is C65H34F36K2O14S4. The van der Waals surface area contributed by atoms with Crippen LogP contribution in [0.5, 0.6) is 46.0 Å². The Morgan fingerprint density at radius 3 is 0.645 bits per heavy atom. The Bertz CT molecular complexity index is 4850. The van der Waals surface area contributed by atoms with Crippen molar-refractivity contribution in [2.24, 2.45) is 0 Å². The molecule has 0 saturated carbocycles. The smallest absolute Gasteiger partial charge is 0.743 e. The molecule has 0 heterocycles. The van der Waals surface area contributed by atoms with E-state index in [1.807, 2.05) is 4.74 Å². The van der Waals surface area contributed by atoms with Crippen LogP contribution in [0.2, 0.25) is 0 Å². The number of alkyl halides is 34. The standard InChI is InChI=1S/C40H22F20O8S2.C15H10F6O2.C10H4F10O4S2.2K/c41-33(42,43)31(34(44,45)46,20-1-9-24(61)10-2-20)22-5-13-26(14-6-22)66-28-17-29(19-30(18-28)69-39(57,58)37(53,54)68-38(55,56)40(59,60)70(63,64)65)67-27-15-7-23(8-16-27)32(35(47,48)49,36(50,51)52)21-3-11-25(62)12-4-21;16-14(17,18)13(15(19,20)21,9-1-5-11(22)6-2-9)10-3-7-12(23)8-4-10;11-4-1-5(12)3-6(2-4)25-9(17,18)7(13,14)24-8(15,16)10(19,20)26(21,22)23;;/h1-19,61-62H,(H,63,64,65);1-8,22-23H;1-3H,(H,21,22,23);;/q;;;2*+1/p-2. The van der Waals surface area contributed by atoms with Crippen molar-refractivity contribution < 1.29 is 326 Å². The SMILES string of the molecule is O=S(=O)([O-])C(F)(F)C(F)(F)OC(F)(F)C(F)(F)Sc1cc(F)cc(F)c1.O=S(=O)([O-])C(F)(F)C(F)(F)OC(F)(F)C(F)(F)Sc1cc(Oc2ccc(C(c3ccc(O)cc3)(C(F)(F)F)C(F)(F)F)cc2)cc(Oc2ccc(C(c3ccc(O)cc3)(C(F)(F)F)C(F)(F)F)cc2)c1.Oc1ccc(C(c2ccc(O)cc2)(C(F)(F)F)C(F)(F)F)cc1.[K+].[K+]. The second kappa shape index (κ2) is 37.0. The van der Waals surface area contributed by atoms with Gasteiger partial charge in [-0.05, 0) is 154 Å². The molecule has 0 amide bonds. The van der Waals surface area contributed by atoms with E-state index in [0.717, 1.165) is 24.3 Å². The number of halogens is 36. The molecule has 0 atom stereocenters. The summed E-state index contributed by atoms with van der Waals surface area (Å²) in [5.41, 5.74) is -22.2. The van der Waals surface area contributed by atoms with E-state index in [0.29, 0.717) is 103 Å². The monoisotopic (exact) mass is 1930 g/mol. The van der Waals surface area contributed by atoms with Gasteiger partial charge in [0, 0.05) is 21.9 Å². The van der Waals surface area contributed by atoms with Gasteiger partial charge >= 0.3 is 185 Å². The first kappa shape index (κ1) is 107. The first-order chi connectivity index (χ1) is 53.5. The second-order valence-corrected chi connectivity index (χ2v) is 28.6. The van der Waals surface area contributed by atoms with Crippen LogP contribution in [-0.2, 0) is 46.0 Å². The number of thioether (sulfide) groups is 2. The van der Waals surface area contributed by atoms with Crippen LogP contribution in [0.1, 0.15) is 33.4 Å². The van der Waals surface area contributed by atoms with Crippen molar-refractivity contribution in [1.29, 1.82) is 0 Å². The van der Waals surface area contributed by atoms with Crippen molar-refractivity contribution >= 4 is 43.8 Å². The summed E-state index contributed by atoms with van der Waals surface area (Å²) in [6, 6.07) is 12.0. The Hall–Kier alpha value is -6.25. The number of hydrogen-bond acceptors (Lipinski definition) is 16. The van der Waals surface area contributed by atoms with Crippen molar-refractivity contribution in [1.82, 2.24) is 0 Å². The van der Waals surface area contributed by atoms with Gasteiger partial charge in [0.25, 0.3) is 0 Å². The average molecular weight is 1930 g/mol. The van der Waals surface area contributed by atoms with Crippen molar-refractivity contribution in [2.45, 2.75) is 109 Å². The number of ether oxygens (including phenoxy) is 4. The van der Waals surface area contributed by atoms with E-state index in [-0.39, 0.29) is 157 Å². The van der Waals surface area contributed by atoms with Gasteiger partial charge in [-0.25, -0.2) is 35.1 Å². The molecule has 0 radical (unpaired) electrons. The second-order valence-electron chi connectivity index (χ2n) is 23.4. The summed E-state index contributed by atoms with van der Waals surface area (Å²) >= 11 is -3.08. The molecule has 56 heteroatoms. The van der Waals surface area contributed by atoms with Gasteiger partial charge in [-0.1, -0.05) is 72.8 Å². The summed E-state index contributed by atoms with van der Waals surface area (Å²) in [7, 11) is -14.9. The van der Waals surface area contributed by atoms with Crippen LogP contribution in [0.4, 0.5) is 158 Å². The number of rotatable bonds is 24. The molecule has 0 aliphatic carbocycles. The summed E-state index contributed by atoms with van der Waals surface area (Å²) in [6.45, 7) is 0. The Kier molecular flexibility index (Phi) is 32.7. The molecule has 0 aliphatic heterocycles. The predicted molar refractivity (Wildman–Crippen MR) is 330 cm³/mol. The zero-order valence-corrected chi connectivity index (χ0v) is 67.4. The van der Waals surface area contributed by atoms with Crippen LogP contribution in [0, 0.1) is 11.6 Å². The van der Waals surface area contributed by atoms with Crippen LogP contribution in [0.25, 0.3) is 0 Å². The number of phenols is 4. The maximum atomic E-state index is 15.0. The fourth-order valence-electron chi connectivity index (χ4n) is 10.2. The molecule has 0 saturated heterocycles. The van der Waals surface area contributed by atoms with Crippen LogP contribution in [0.3, 0.4) is 0 Å². The summed E-state index contributed by atoms with van der Waals surface area (Å²) < 4.78 is 577. The van der Waals surface area contributed by atoms with Crippen molar-refractivity contribution in [3.05, 3.63) is 227 Å². The number of hydrogen-bond donors (Lipinski definition) is 4. The number of aromatic hydroxyl groups is 4. The molecule has 656 valence electrons. The van der Waals surface area contributed by atoms with Gasteiger partial charge in [0.05, 0.1) is 0 Å². The van der Waals surface area contributed by atoms with E-state index in [1.165, 1.54) is 0 Å². The molecule has 8 aromatic carbocycles. The molecule has 14 nitrogen and oxygen atoms in total. The quantitative estimate of drug-likeness (QED) is 0.0191. The van der Waals surface area contributed by atoms with Crippen molar-refractivity contribution in [3.8, 4) is 46.0 Å². The minimum absolute atomic E-state index is 0. The molecule has 0 bridgehead atoms. The Morgan fingerprint density at radius 2 is 0.455 bits per heavy atom. The minimum atomic E-state index is -7.61. The van der Waals surface area contributed by atoms with Crippen LogP contribution in [-0.4, -0.2) is 129 Å². The van der Waals surface area contributed by atoms with E-state index in [4.69, 9.17) is 19.7 Å². The van der Waals surface area contributed by atoms with Gasteiger partial charge in [0.15, 0.2) is 20.2 Å². The normalized spacial score (nSPS) is 13.8. The Labute approximate surface area is 744 Å². The molecule has 0 unspecified atom stereocenters. The molecule has 0 aromatic heterocycles. The van der Waals surface area contributed by atoms with Gasteiger partial charge in [-0.2, -0.15) is 149 Å². The Balaban J connectivity index is 0.000000488. The average Bonchev–Trinajstić information content (AvgIpc) is 0.724. The molecule has 0 spiro atoms. The van der Waals surface area contributed by atoms with E-state index in [9.17, 15) is 185 Å². The maximum Gasteiger partial charge on any atom is 1.00 e. The van der Waals surface area contributed by atoms with E-state index >= 15 is 8.78 Å². The zero-order valence-electron chi connectivity index (χ0n) is 57.9. The predicted octanol–water partition coefficient (Wildman–Crippen LogP) is 16.0. The van der Waals surface area contributed by atoms with Gasteiger partial charge in [0.2, 0.25) is 16.2 Å². The van der Waals surface area contributed by atoms with E-state index < -0.39 is 243 Å². The minimum Gasteiger partial charge on any atom is -0.743 e. The summed E-state index contributed by atoms with van der Waals surface area (Å²) in [4.78, 5) is -2.72. The topological polar surface area (TPSA) is 232 Å². The van der Waals surface area contributed by atoms with Crippen LogP contribution < -0.4 is 112 Å². The fourth-order valence-corrected chi connectivity index (χ4v) is 12.5. The maximum absolute atomic E-state index is 15.0. The fraction of sp³-hybridized carbons (Fsp3) is 0.262. The van der Waals surface area contributed by atoms with E-state index in [1.54, 1.807) is 0 Å². The number of phenolic OH excluding ortho intramolecular Hbond substituents is 4. The number of benzene rings is 8. The zero-order chi connectivity index (χ0) is 91.3. The van der Waals surface area contributed by atoms with Crippen molar-refractivity contribution in [3.63, 3.8) is 0 Å². The molecule has 0 fully saturated rings. The van der Waals surface area contributed by atoms with Gasteiger partial charge in [-0.3, -0.25) is 0 Å². The third-order valence-corrected chi connectivity index (χ3v) is 19.1. The van der Waals surface area contributed by atoms with Crippen LogP contribution >= 0.6 is 23.5 Å². The first-order valence-electron chi connectivity index (χ1n) is 29.9. The van der Waals surface area contributed by atoms with Gasteiger partial charge in [0.1, 0.15) is 57.6 Å².